The number of fused-ring (bicyclic) bond motifs is 2. The van der Waals surface area contributed by atoms with Gasteiger partial charge in [-0.1, -0.05) is 18.0 Å². The largest absolute Gasteiger partial charge is 0.496 e. The first-order chi connectivity index (χ1) is 12.1. The van der Waals surface area contributed by atoms with Gasteiger partial charge in [0, 0.05) is 36.8 Å². The van der Waals surface area contributed by atoms with Crippen molar-refractivity contribution in [2.45, 2.75) is 56.6 Å². The lowest BCUT2D eigenvalue weighted by atomic mass is 9.79. The van der Waals surface area contributed by atoms with Gasteiger partial charge < -0.3 is 9.47 Å². The molecule has 3 unspecified atom stereocenters. The van der Waals surface area contributed by atoms with Crippen LogP contribution in [0.2, 0.25) is 5.02 Å². The Morgan fingerprint density at radius 1 is 1.08 bits per heavy atom. The Labute approximate surface area is 156 Å². The Balaban J connectivity index is 1.51. The zero-order chi connectivity index (χ0) is 17.4. The molecule has 1 heterocycles. The summed E-state index contributed by atoms with van der Waals surface area (Å²) in [5.74, 6) is 2.85. The number of nitrogens with zero attached hydrogens (tertiary/aromatic N) is 1. The molecule has 2 aliphatic carbocycles. The van der Waals surface area contributed by atoms with Crippen LogP contribution in [-0.2, 0) is 10.3 Å². The molecule has 4 heteroatoms. The molecule has 3 fully saturated rings. The van der Waals surface area contributed by atoms with Gasteiger partial charge in [-0.05, 0) is 68.6 Å². The number of rotatable bonds is 4. The molecule has 0 aromatic heterocycles. The van der Waals surface area contributed by atoms with Crippen molar-refractivity contribution in [3.05, 3.63) is 28.8 Å². The summed E-state index contributed by atoms with van der Waals surface area (Å²) in [4.78, 5) is 2.75. The minimum Gasteiger partial charge on any atom is -0.496 e. The van der Waals surface area contributed by atoms with E-state index in [2.05, 4.69) is 4.90 Å². The zero-order valence-corrected chi connectivity index (χ0v) is 16.2. The molecule has 0 spiro atoms. The molecule has 0 radical (unpaired) electrons. The van der Waals surface area contributed by atoms with Gasteiger partial charge in [-0.15, -0.1) is 0 Å². The number of hydrogen-bond acceptors (Lipinski definition) is 3. The number of piperidine rings is 1. The molecule has 2 saturated carbocycles. The number of likely N-dealkylation sites (tertiary alicyclic amines) is 1. The van der Waals surface area contributed by atoms with Crippen LogP contribution in [0, 0.1) is 11.8 Å². The molecule has 2 bridgehead atoms. The molecule has 1 aromatic carbocycles. The molecule has 3 aliphatic rings. The predicted molar refractivity (Wildman–Crippen MR) is 101 cm³/mol. The minimum atomic E-state index is -0.278. The Kier molecular flexibility index (Phi) is 5.00. The van der Waals surface area contributed by atoms with E-state index in [9.17, 15) is 0 Å². The van der Waals surface area contributed by atoms with Crippen molar-refractivity contribution in [1.29, 1.82) is 0 Å². The molecule has 0 N–H and O–H groups in total. The molecule has 1 aliphatic heterocycles. The van der Waals surface area contributed by atoms with E-state index < -0.39 is 0 Å². The first-order valence-corrected chi connectivity index (χ1v) is 10.2. The number of benzene rings is 1. The van der Waals surface area contributed by atoms with E-state index in [-0.39, 0.29) is 5.60 Å². The molecule has 3 atom stereocenters. The van der Waals surface area contributed by atoms with Crippen molar-refractivity contribution >= 4 is 11.6 Å². The fraction of sp³-hybridized carbons (Fsp3) is 0.714. The Bertz CT molecular complexity index is 612. The first kappa shape index (κ1) is 17.6. The van der Waals surface area contributed by atoms with Crippen LogP contribution in [0.5, 0.6) is 5.75 Å². The Morgan fingerprint density at radius 3 is 2.56 bits per heavy atom. The maximum absolute atomic E-state index is 6.28. The number of hydrogen-bond donors (Lipinski definition) is 0. The summed E-state index contributed by atoms with van der Waals surface area (Å²) >= 11 is 6.28. The Hall–Kier alpha value is -0.770. The molecule has 4 rings (SSSR count). The van der Waals surface area contributed by atoms with E-state index in [1.807, 2.05) is 25.3 Å². The third kappa shape index (κ3) is 3.20. The monoisotopic (exact) mass is 363 g/mol. The van der Waals surface area contributed by atoms with Gasteiger partial charge in [0.05, 0.1) is 12.7 Å². The second kappa shape index (κ2) is 7.09. The summed E-state index contributed by atoms with van der Waals surface area (Å²) < 4.78 is 11.7. The van der Waals surface area contributed by atoms with Gasteiger partial charge in [0.25, 0.3) is 0 Å². The van der Waals surface area contributed by atoms with Crippen molar-refractivity contribution in [3.8, 4) is 5.75 Å². The summed E-state index contributed by atoms with van der Waals surface area (Å²) in [6.07, 6.45) is 9.24. The highest BCUT2D eigenvalue weighted by Gasteiger charge is 2.44. The first-order valence-electron chi connectivity index (χ1n) is 9.78. The molecule has 1 saturated heterocycles. The molecule has 138 valence electrons. The van der Waals surface area contributed by atoms with Crippen molar-refractivity contribution in [2.75, 3.05) is 27.3 Å². The molecule has 25 heavy (non-hydrogen) atoms. The predicted octanol–water partition coefficient (Wildman–Crippen LogP) is 4.86. The van der Waals surface area contributed by atoms with Gasteiger partial charge in [0.2, 0.25) is 0 Å². The van der Waals surface area contributed by atoms with Crippen LogP contribution in [0.3, 0.4) is 0 Å². The van der Waals surface area contributed by atoms with Crippen molar-refractivity contribution in [2.24, 2.45) is 11.8 Å². The molecule has 3 nitrogen and oxygen atoms in total. The third-order valence-electron chi connectivity index (χ3n) is 7.11. The van der Waals surface area contributed by atoms with E-state index in [1.165, 1.54) is 32.1 Å². The zero-order valence-electron chi connectivity index (χ0n) is 15.5. The normalized spacial score (nSPS) is 31.9. The fourth-order valence-electron chi connectivity index (χ4n) is 5.68. The van der Waals surface area contributed by atoms with E-state index in [1.54, 1.807) is 7.11 Å². The molecular weight excluding hydrogens is 334 g/mol. The molecule has 1 aromatic rings. The van der Waals surface area contributed by atoms with Crippen molar-refractivity contribution < 1.29 is 9.47 Å². The summed E-state index contributed by atoms with van der Waals surface area (Å²) in [6.45, 7) is 2.21. The fourth-order valence-corrected chi connectivity index (χ4v) is 5.86. The van der Waals surface area contributed by atoms with E-state index in [0.717, 1.165) is 60.1 Å². The van der Waals surface area contributed by atoms with Gasteiger partial charge >= 0.3 is 0 Å². The third-order valence-corrected chi connectivity index (χ3v) is 7.35. The van der Waals surface area contributed by atoms with Gasteiger partial charge in [-0.3, -0.25) is 4.90 Å². The molecule has 0 amide bonds. The highest BCUT2D eigenvalue weighted by molar-refractivity contribution is 6.30. The second-order valence-corrected chi connectivity index (χ2v) is 8.60. The summed E-state index contributed by atoms with van der Waals surface area (Å²) in [5.41, 5.74) is 0.828. The number of methoxy groups -OCH3 is 2. The van der Waals surface area contributed by atoms with Gasteiger partial charge in [-0.2, -0.15) is 0 Å². The highest BCUT2D eigenvalue weighted by atomic mass is 35.5. The average Bonchev–Trinajstić information content (AvgIpc) is 3.03. The SMILES string of the molecule is COc1ccc(Cl)cc1C1(OC)CCN(C2CCC3CCC2C3)CC1. The van der Waals surface area contributed by atoms with Gasteiger partial charge in [0.1, 0.15) is 5.75 Å². The van der Waals surface area contributed by atoms with Crippen LogP contribution < -0.4 is 4.74 Å². The van der Waals surface area contributed by atoms with Crippen molar-refractivity contribution in [1.82, 2.24) is 4.90 Å². The van der Waals surface area contributed by atoms with Gasteiger partial charge in [0.15, 0.2) is 0 Å². The average molecular weight is 364 g/mol. The standard InChI is InChI=1S/C21H30ClNO2/c1-24-20-8-6-17(22)14-18(20)21(25-2)9-11-23(12-10-21)19-7-4-15-3-5-16(19)13-15/h6,8,14-16,19H,3-5,7,9-13H2,1-2H3. The lowest BCUT2D eigenvalue weighted by Gasteiger charge is -2.46. The van der Waals surface area contributed by atoms with E-state index in [0.29, 0.717) is 0 Å². The van der Waals surface area contributed by atoms with E-state index in [4.69, 9.17) is 21.1 Å². The maximum atomic E-state index is 6.28. The van der Waals surface area contributed by atoms with Crippen LogP contribution >= 0.6 is 11.6 Å². The van der Waals surface area contributed by atoms with Gasteiger partial charge in [-0.25, -0.2) is 0 Å². The lowest BCUT2D eigenvalue weighted by Crippen LogP contribution is -2.50. The smallest absolute Gasteiger partial charge is 0.125 e. The lowest BCUT2D eigenvalue weighted by molar-refractivity contribution is -0.0766. The topological polar surface area (TPSA) is 21.7 Å². The maximum Gasteiger partial charge on any atom is 0.125 e. The van der Waals surface area contributed by atoms with E-state index >= 15 is 0 Å². The van der Waals surface area contributed by atoms with Crippen LogP contribution in [0.4, 0.5) is 0 Å². The minimum absolute atomic E-state index is 0.278. The highest BCUT2D eigenvalue weighted by Crippen LogP contribution is 2.47. The second-order valence-electron chi connectivity index (χ2n) is 8.16. The summed E-state index contributed by atoms with van der Waals surface area (Å²) in [7, 11) is 3.56. The van der Waals surface area contributed by atoms with Crippen LogP contribution in [0.15, 0.2) is 18.2 Å². The quantitative estimate of drug-likeness (QED) is 0.762. The van der Waals surface area contributed by atoms with Crippen LogP contribution in [0.1, 0.15) is 50.5 Å². The summed E-state index contributed by atoms with van der Waals surface area (Å²) in [6, 6.07) is 6.68. The molecular formula is C21H30ClNO2. The van der Waals surface area contributed by atoms with Crippen LogP contribution in [0.25, 0.3) is 0 Å². The number of halogens is 1. The number of ether oxygens (including phenoxy) is 2. The van der Waals surface area contributed by atoms with Crippen molar-refractivity contribution in [3.63, 3.8) is 0 Å². The van der Waals surface area contributed by atoms with Crippen LogP contribution in [-0.4, -0.2) is 38.3 Å². The summed E-state index contributed by atoms with van der Waals surface area (Å²) in [5, 5.41) is 0.749. The Morgan fingerprint density at radius 2 is 1.84 bits per heavy atom.